The van der Waals surface area contributed by atoms with Crippen molar-refractivity contribution in [2.45, 2.75) is 70.7 Å². The second-order valence-corrected chi connectivity index (χ2v) is 8.16. The first kappa shape index (κ1) is 11.0. The third-order valence-electron chi connectivity index (χ3n) is 7.45. The summed E-state index contributed by atoms with van der Waals surface area (Å²) in [7, 11) is 0. The van der Waals surface area contributed by atoms with Gasteiger partial charge in [-0.15, -0.1) is 0 Å². The quantitative estimate of drug-likeness (QED) is 0.735. The zero-order valence-electron chi connectivity index (χ0n) is 15.9. The molecule has 0 saturated heterocycles. The van der Waals surface area contributed by atoms with Gasteiger partial charge in [-0.3, -0.25) is 4.79 Å². The molecule has 3 fully saturated rings. The lowest BCUT2D eigenvalue weighted by Gasteiger charge is -2.55. The Kier molecular flexibility index (Phi) is 2.32. The topological polar surface area (TPSA) is 37.3 Å². The summed E-state index contributed by atoms with van der Waals surface area (Å²) in [5.74, 6) is 2.19. The van der Waals surface area contributed by atoms with E-state index in [1.165, 1.54) is 5.57 Å². The molecule has 3 saturated carbocycles. The van der Waals surface area contributed by atoms with Crippen LogP contribution in [0.1, 0.15) is 69.3 Å². The van der Waals surface area contributed by atoms with Gasteiger partial charge in [0.15, 0.2) is 5.78 Å². The number of allylic oxidation sites excluding steroid dienone is 1. The number of hydrogen-bond acceptors (Lipinski definition) is 2. The van der Waals surface area contributed by atoms with Crippen molar-refractivity contribution in [3.05, 3.63) is 11.6 Å². The highest BCUT2D eigenvalue weighted by Crippen LogP contribution is 2.64. The molecule has 0 heterocycles. The molecule has 6 atom stereocenters. The molecule has 4 rings (SSSR count). The number of carbonyl (C=O) groups excluding carboxylic acids is 1. The number of hydrogen-bond donors (Lipinski definition) is 1. The van der Waals surface area contributed by atoms with E-state index in [4.69, 9.17) is 4.11 Å². The zero-order chi connectivity index (χ0) is 17.3. The molecule has 2 nitrogen and oxygen atoms in total. The Morgan fingerprint density at radius 3 is 2.86 bits per heavy atom. The van der Waals surface area contributed by atoms with Gasteiger partial charge in [-0.05, 0) is 87.0 Å². The van der Waals surface area contributed by atoms with E-state index in [1.54, 1.807) is 0 Å². The van der Waals surface area contributed by atoms with Gasteiger partial charge in [-0.2, -0.15) is 0 Å². The Morgan fingerprint density at radius 1 is 1.19 bits per heavy atom. The molecule has 0 aliphatic heterocycles. The summed E-state index contributed by atoms with van der Waals surface area (Å²) in [5.41, 5.74) is -0.681. The van der Waals surface area contributed by atoms with Crippen LogP contribution in [-0.4, -0.2) is 16.5 Å². The summed E-state index contributed by atoms with van der Waals surface area (Å²) in [4.78, 5) is 11.7. The van der Waals surface area contributed by atoms with Gasteiger partial charge in [0.1, 0.15) is 0 Å². The number of rotatable bonds is 0. The second-order valence-electron chi connectivity index (χ2n) is 8.16. The molecule has 2 heteroatoms. The van der Waals surface area contributed by atoms with E-state index in [2.05, 4.69) is 0 Å². The third-order valence-corrected chi connectivity index (χ3v) is 7.45. The monoisotopic (exact) mass is 291 g/mol. The Labute approximate surface area is 132 Å². The van der Waals surface area contributed by atoms with E-state index in [9.17, 15) is 9.90 Å². The highest BCUT2D eigenvalue weighted by atomic mass is 16.3. The molecule has 1 N–H and O–H groups in total. The molecule has 0 bridgehead atoms. The van der Waals surface area contributed by atoms with Crippen LogP contribution in [0.4, 0.5) is 0 Å². The van der Waals surface area contributed by atoms with Gasteiger partial charge in [0.05, 0.1) is 5.60 Å². The van der Waals surface area contributed by atoms with Crippen LogP contribution in [0.15, 0.2) is 11.6 Å². The minimum atomic E-state index is -2.31. The van der Waals surface area contributed by atoms with E-state index in [-0.39, 0.29) is 5.78 Å². The first-order valence-corrected chi connectivity index (χ1v) is 8.63. The van der Waals surface area contributed by atoms with E-state index >= 15 is 0 Å². The van der Waals surface area contributed by atoms with Crippen LogP contribution in [0, 0.1) is 29.1 Å². The predicted octanol–water partition coefficient (Wildman–Crippen LogP) is 3.88. The second kappa shape index (κ2) is 4.44. The number of carbonyl (C=O) groups is 1. The lowest BCUT2D eigenvalue weighted by molar-refractivity contribution is -0.117. The molecule has 0 unspecified atom stereocenters. The maximum absolute atomic E-state index is 11.7. The lowest BCUT2D eigenvalue weighted by atomic mass is 9.51. The van der Waals surface area contributed by atoms with Crippen LogP contribution in [0.5, 0.6) is 0 Å². The molecule has 0 aromatic rings. The number of aliphatic hydroxyl groups is 1. The number of fused-ring (bicyclic) bond motifs is 5. The molecule has 0 radical (unpaired) electrons. The van der Waals surface area contributed by atoms with Gasteiger partial charge >= 0.3 is 0 Å². The van der Waals surface area contributed by atoms with Gasteiger partial charge in [-0.1, -0.05) is 12.5 Å². The summed E-state index contributed by atoms with van der Waals surface area (Å²) < 4.78 is 23.7. The predicted molar refractivity (Wildman–Crippen MR) is 82.7 cm³/mol. The molecular formula is C19H28O2. The normalized spacial score (nSPS) is 55.4. The SMILES string of the molecule is [2H]C([2H])([2H])[C@]1(O)CC[C@H]2[C@@H]3CCC4=CC(=O)CC[C@@H]4[C@H]3CC[C@@]21C. The first-order valence-electron chi connectivity index (χ1n) is 10.1. The minimum Gasteiger partial charge on any atom is -0.390 e. The van der Waals surface area contributed by atoms with Gasteiger partial charge < -0.3 is 5.11 Å². The van der Waals surface area contributed by atoms with Gasteiger partial charge in [-0.25, -0.2) is 0 Å². The van der Waals surface area contributed by atoms with Crippen molar-refractivity contribution in [1.29, 1.82) is 0 Å². The Bertz CT molecular complexity index is 596. The van der Waals surface area contributed by atoms with Crippen molar-refractivity contribution in [1.82, 2.24) is 0 Å². The van der Waals surface area contributed by atoms with Crippen molar-refractivity contribution in [2.24, 2.45) is 29.1 Å². The van der Waals surface area contributed by atoms with E-state index in [0.717, 1.165) is 38.5 Å². The maximum atomic E-state index is 11.7. The Morgan fingerprint density at radius 2 is 2.05 bits per heavy atom. The Balaban J connectivity index is 1.65. The average molecular weight is 291 g/mol. The van der Waals surface area contributed by atoms with Gasteiger partial charge in [0, 0.05) is 10.5 Å². The van der Waals surface area contributed by atoms with E-state index < -0.39 is 17.9 Å². The molecule has 4 aliphatic rings. The van der Waals surface area contributed by atoms with Crippen molar-refractivity contribution in [3.8, 4) is 0 Å². The lowest BCUT2D eigenvalue weighted by Crippen LogP contribution is -2.51. The van der Waals surface area contributed by atoms with Crippen molar-refractivity contribution in [3.63, 3.8) is 0 Å². The van der Waals surface area contributed by atoms with Crippen LogP contribution in [0.3, 0.4) is 0 Å². The van der Waals surface area contributed by atoms with Crippen molar-refractivity contribution >= 4 is 5.78 Å². The van der Waals surface area contributed by atoms with Crippen LogP contribution < -0.4 is 0 Å². The molecule has 0 aromatic heterocycles. The highest BCUT2D eigenvalue weighted by molar-refractivity contribution is 5.91. The highest BCUT2D eigenvalue weighted by Gasteiger charge is 2.60. The Hall–Kier alpha value is -0.630. The maximum Gasteiger partial charge on any atom is 0.155 e. The van der Waals surface area contributed by atoms with Crippen LogP contribution in [0.25, 0.3) is 0 Å². The third kappa shape index (κ3) is 1.84. The summed E-state index contributed by atoms with van der Waals surface area (Å²) in [6, 6.07) is 0. The molecule has 4 aliphatic carbocycles. The molecule has 116 valence electrons. The summed E-state index contributed by atoms with van der Waals surface area (Å²) in [5, 5.41) is 11.1. The minimum absolute atomic E-state index is 0.276. The van der Waals surface area contributed by atoms with Crippen molar-refractivity contribution in [2.75, 3.05) is 0 Å². The number of ketones is 1. The van der Waals surface area contributed by atoms with Crippen LogP contribution >= 0.6 is 0 Å². The summed E-state index contributed by atoms with van der Waals surface area (Å²) >= 11 is 0. The van der Waals surface area contributed by atoms with Crippen molar-refractivity contribution < 1.29 is 14.0 Å². The first-order chi connectivity index (χ1) is 11.2. The summed E-state index contributed by atoms with van der Waals surface area (Å²) in [6.07, 6.45) is 8.59. The van der Waals surface area contributed by atoms with Crippen LogP contribution in [-0.2, 0) is 4.79 Å². The van der Waals surface area contributed by atoms with Gasteiger partial charge in [0.25, 0.3) is 0 Å². The zero-order valence-corrected chi connectivity index (χ0v) is 12.9. The van der Waals surface area contributed by atoms with E-state index in [0.29, 0.717) is 36.5 Å². The average Bonchev–Trinajstić information content (AvgIpc) is 2.79. The fourth-order valence-electron chi connectivity index (χ4n) is 6.20. The fourth-order valence-corrected chi connectivity index (χ4v) is 6.20. The largest absolute Gasteiger partial charge is 0.390 e. The summed E-state index contributed by atoms with van der Waals surface area (Å²) in [6.45, 7) is -0.274. The fraction of sp³-hybridized carbons (Fsp3) is 0.842. The molecule has 0 spiro atoms. The molecular weight excluding hydrogens is 260 g/mol. The molecule has 21 heavy (non-hydrogen) atoms. The standard InChI is InChI=1S/C19H28O2/c1-18-9-7-15-14-6-4-13(20)11-12(14)3-5-16(15)17(18)8-10-19(18,2)21/h11,14-17,21H,3-10H2,1-2H3/t14-,15+,16+,17-,18-,19-/m0/s1/i2D3. The van der Waals surface area contributed by atoms with Crippen LogP contribution in [0.2, 0.25) is 0 Å². The van der Waals surface area contributed by atoms with Gasteiger partial charge in [0.2, 0.25) is 0 Å². The smallest absolute Gasteiger partial charge is 0.155 e. The molecule has 0 amide bonds. The van der Waals surface area contributed by atoms with E-state index in [1.807, 2.05) is 13.0 Å². The molecule has 0 aromatic carbocycles.